The van der Waals surface area contributed by atoms with Crippen molar-refractivity contribution in [3.8, 4) is 11.5 Å². The van der Waals surface area contributed by atoms with Gasteiger partial charge in [-0.3, -0.25) is 9.79 Å². The molecule has 1 atom stereocenters. The topological polar surface area (TPSA) is 91.3 Å². The lowest BCUT2D eigenvalue weighted by Crippen LogP contribution is -2.26. The standard InChI is InChI=1S/C25H28ClNO6/c1-14(2)21(25(30)31-6)27-13-18-11-19(26)12-20(22(18)33-23(28)15(3)4)32-24(29)17-9-7-16(5)8-10-17/h7-15,21H,1-6H3. The second kappa shape index (κ2) is 11.6. The van der Waals surface area contributed by atoms with Crippen LogP contribution in [0.1, 0.15) is 49.2 Å². The molecule has 2 rings (SSSR count). The van der Waals surface area contributed by atoms with E-state index in [4.69, 9.17) is 25.8 Å². The normalized spacial score (nSPS) is 12.2. The van der Waals surface area contributed by atoms with Crippen molar-refractivity contribution in [2.24, 2.45) is 16.8 Å². The summed E-state index contributed by atoms with van der Waals surface area (Å²) in [6, 6.07) is 8.94. The van der Waals surface area contributed by atoms with Crippen LogP contribution in [0.2, 0.25) is 5.02 Å². The Morgan fingerprint density at radius 1 is 0.970 bits per heavy atom. The first-order chi connectivity index (χ1) is 15.5. The second-order valence-electron chi connectivity index (χ2n) is 8.14. The molecule has 7 nitrogen and oxygen atoms in total. The maximum atomic E-state index is 12.7. The Morgan fingerprint density at radius 3 is 2.15 bits per heavy atom. The summed E-state index contributed by atoms with van der Waals surface area (Å²) >= 11 is 6.25. The number of carbonyl (C=O) groups is 3. The van der Waals surface area contributed by atoms with Crippen molar-refractivity contribution in [2.75, 3.05) is 7.11 Å². The molecule has 0 saturated heterocycles. The summed E-state index contributed by atoms with van der Waals surface area (Å²) in [6.45, 7) is 8.91. The minimum Gasteiger partial charge on any atom is -0.467 e. The first-order valence-electron chi connectivity index (χ1n) is 10.5. The van der Waals surface area contributed by atoms with Gasteiger partial charge in [0.2, 0.25) is 0 Å². The molecule has 33 heavy (non-hydrogen) atoms. The molecule has 0 radical (unpaired) electrons. The van der Waals surface area contributed by atoms with Gasteiger partial charge in [-0.25, -0.2) is 9.59 Å². The van der Waals surface area contributed by atoms with E-state index in [0.29, 0.717) is 5.56 Å². The fraction of sp³-hybridized carbons (Fsp3) is 0.360. The molecule has 0 saturated carbocycles. The van der Waals surface area contributed by atoms with E-state index in [-0.39, 0.29) is 28.0 Å². The quantitative estimate of drug-likeness (QED) is 0.303. The molecule has 2 aromatic rings. The Kier molecular flexibility index (Phi) is 9.17. The Morgan fingerprint density at radius 2 is 1.61 bits per heavy atom. The summed E-state index contributed by atoms with van der Waals surface area (Å²) in [6.07, 6.45) is 1.36. The fourth-order valence-corrected chi connectivity index (χ4v) is 2.94. The third-order valence-corrected chi connectivity index (χ3v) is 4.88. The number of rotatable bonds is 8. The maximum absolute atomic E-state index is 12.7. The van der Waals surface area contributed by atoms with E-state index >= 15 is 0 Å². The van der Waals surface area contributed by atoms with Crippen LogP contribution in [-0.2, 0) is 14.3 Å². The van der Waals surface area contributed by atoms with Crippen LogP contribution in [-0.4, -0.2) is 37.3 Å². The molecule has 176 valence electrons. The molecule has 1 unspecified atom stereocenters. The van der Waals surface area contributed by atoms with Crippen molar-refractivity contribution in [1.29, 1.82) is 0 Å². The molecule has 0 fully saturated rings. The van der Waals surface area contributed by atoms with Crippen LogP contribution < -0.4 is 9.47 Å². The molecule has 0 heterocycles. The van der Waals surface area contributed by atoms with E-state index in [0.717, 1.165) is 5.56 Å². The minimum absolute atomic E-state index is 0.0188. The second-order valence-corrected chi connectivity index (χ2v) is 8.58. The highest BCUT2D eigenvalue weighted by Gasteiger charge is 2.24. The van der Waals surface area contributed by atoms with Gasteiger partial charge in [0.05, 0.1) is 18.6 Å². The summed E-state index contributed by atoms with van der Waals surface area (Å²) < 4.78 is 15.9. The molecule has 0 spiro atoms. The number of ether oxygens (including phenoxy) is 3. The zero-order valence-electron chi connectivity index (χ0n) is 19.5. The highest BCUT2D eigenvalue weighted by Crippen LogP contribution is 2.35. The predicted molar refractivity (Wildman–Crippen MR) is 126 cm³/mol. The Bertz CT molecular complexity index is 1040. The summed E-state index contributed by atoms with van der Waals surface area (Å²) in [5.74, 6) is -2.32. The molecular weight excluding hydrogens is 446 g/mol. The monoisotopic (exact) mass is 473 g/mol. The van der Waals surface area contributed by atoms with E-state index in [9.17, 15) is 14.4 Å². The lowest BCUT2D eigenvalue weighted by Gasteiger charge is -2.16. The summed E-state index contributed by atoms with van der Waals surface area (Å²) in [4.78, 5) is 41.5. The van der Waals surface area contributed by atoms with Gasteiger partial charge in [-0.15, -0.1) is 0 Å². The van der Waals surface area contributed by atoms with Crippen LogP contribution in [0.5, 0.6) is 11.5 Å². The van der Waals surface area contributed by atoms with E-state index in [1.807, 2.05) is 20.8 Å². The zero-order valence-corrected chi connectivity index (χ0v) is 20.3. The number of carbonyl (C=O) groups excluding carboxylic acids is 3. The Hall–Kier alpha value is -3.19. The number of benzene rings is 2. The molecule has 0 aromatic heterocycles. The zero-order chi connectivity index (χ0) is 24.7. The van der Waals surface area contributed by atoms with Crippen LogP contribution in [0.4, 0.5) is 0 Å². The van der Waals surface area contributed by atoms with Gasteiger partial charge in [0, 0.05) is 22.9 Å². The largest absolute Gasteiger partial charge is 0.467 e. The highest BCUT2D eigenvalue weighted by molar-refractivity contribution is 6.31. The Balaban J connectivity index is 2.52. The van der Waals surface area contributed by atoms with Gasteiger partial charge in [0.15, 0.2) is 11.5 Å². The van der Waals surface area contributed by atoms with Crippen molar-refractivity contribution in [2.45, 2.75) is 40.7 Å². The number of aliphatic imine (C=N–C) groups is 1. The highest BCUT2D eigenvalue weighted by atomic mass is 35.5. The first-order valence-corrected chi connectivity index (χ1v) is 10.9. The SMILES string of the molecule is COC(=O)C(N=Cc1cc(Cl)cc(OC(=O)c2ccc(C)cc2)c1OC(=O)C(C)C)C(C)C. The number of aryl methyl sites for hydroxylation is 1. The van der Waals surface area contributed by atoms with Crippen LogP contribution in [0, 0.1) is 18.8 Å². The molecule has 0 N–H and O–H groups in total. The smallest absolute Gasteiger partial charge is 0.343 e. The average Bonchev–Trinajstić information content (AvgIpc) is 2.75. The maximum Gasteiger partial charge on any atom is 0.343 e. The predicted octanol–water partition coefficient (Wildman–Crippen LogP) is 5.05. The lowest BCUT2D eigenvalue weighted by molar-refractivity contribution is -0.143. The van der Waals surface area contributed by atoms with E-state index in [1.165, 1.54) is 25.5 Å². The van der Waals surface area contributed by atoms with Crippen molar-refractivity contribution in [3.63, 3.8) is 0 Å². The summed E-state index contributed by atoms with van der Waals surface area (Å²) in [5, 5.41) is 0.228. The molecule has 8 heteroatoms. The van der Waals surface area contributed by atoms with Gasteiger partial charge in [-0.2, -0.15) is 0 Å². The molecule has 0 aliphatic rings. The van der Waals surface area contributed by atoms with Gasteiger partial charge in [0.1, 0.15) is 6.04 Å². The van der Waals surface area contributed by atoms with Crippen molar-refractivity contribution in [1.82, 2.24) is 0 Å². The van der Waals surface area contributed by atoms with Gasteiger partial charge in [0.25, 0.3) is 0 Å². The fourth-order valence-electron chi connectivity index (χ4n) is 2.72. The molecule has 0 amide bonds. The molecule has 2 aromatic carbocycles. The summed E-state index contributed by atoms with van der Waals surface area (Å²) in [7, 11) is 1.28. The van der Waals surface area contributed by atoms with Gasteiger partial charge in [-0.05, 0) is 31.0 Å². The molecule has 0 bridgehead atoms. The average molecular weight is 474 g/mol. The summed E-state index contributed by atoms with van der Waals surface area (Å²) in [5.41, 5.74) is 1.59. The van der Waals surface area contributed by atoms with E-state index in [2.05, 4.69) is 4.99 Å². The molecular formula is C25H28ClNO6. The van der Waals surface area contributed by atoms with E-state index < -0.39 is 29.9 Å². The third-order valence-electron chi connectivity index (χ3n) is 4.66. The van der Waals surface area contributed by atoms with Crippen molar-refractivity contribution in [3.05, 3.63) is 58.1 Å². The number of hydrogen-bond donors (Lipinski definition) is 0. The van der Waals surface area contributed by atoms with Gasteiger partial charge < -0.3 is 14.2 Å². The van der Waals surface area contributed by atoms with Crippen molar-refractivity contribution >= 4 is 35.7 Å². The molecule has 0 aliphatic heterocycles. The minimum atomic E-state index is -0.777. The van der Waals surface area contributed by atoms with Gasteiger partial charge in [-0.1, -0.05) is 57.0 Å². The first kappa shape index (κ1) is 26.1. The van der Waals surface area contributed by atoms with Crippen LogP contribution >= 0.6 is 11.6 Å². The van der Waals surface area contributed by atoms with Crippen LogP contribution in [0.25, 0.3) is 0 Å². The van der Waals surface area contributed by atoms with Gasteiger partial charge >= 0.3 is 17.9 Å². The number of hydrogen-bond acceptors (Lipinski definition) is 7. The molecule has 0 aliphatic carbocycles. The number of halogens is 1. The third kappa shape index (κ3) is 7.15. The number of esters is 3. The van der Waals surface area contributed by atoms with Crippen molar-refractivity contribution < 1.29 is 28.6 Å². The van der Waals surface area contributed by atoms with Crippen LogP contribution in [0.3, 0.4) is 0 Å². The number of nitrogens with zero attached hydrogens (tertiary/aromatic N) is 1. The lowest BCUT2D eigenvalue weighted by atomic mass is 10.1. The van der Waals surface area contributed by atoms with E-state index in [1.54, 1.807) is 38.1 Å². The van der Waals surface area contributed by atoms with Crippen LogP contribution in [0.15, 0.2) is 41.4 Å². The Labute approximate surface area is 198 Å². The number of methoxy groups -OCH3 is 1.